The number of fused-ring (bicyclic) bond motifs is 5. The number of amides is 2. The Morgan fingerprint density at radius 3 is 2.21 bits per heavy atom. The first kappa shape index (κ1) is 23.1. The van der Waals surface area contributed by atoms with Crippen LogP contribution in [0.5, 0.6) is 0 Å². The smallest absolute Gasteiger partial charge is 0.233 e. The molecule has 3 aliphatic rings. The molecule has 2 amide bonds. The lowest BCUT2D eigenvalue weighted by molar-refractivity contribution is -0.140. The summed E-state index contributed by atoms with van der Waals surface area (Å²) in [5.74, 6) is 0.598. The lowest BCUT2D eigenvalue weighted by Gasteiger charge is -2.18. The van der Waals surface area contributed by atoms with Gasteiger partial charge in [-0.25, -0.2) is 13.1 Å². The molecule has 0 radical (unpaired) electrons. The summed E-state index contributed by atoms with van der Waals surface area (Å²) in [6.07, 6.45) is 6.84. The zero-order valence-electron chi connectivity index (χ0n) is 16.1. The molecule has 0 aromatic rings. The molecule has 3 rings (SSSR count). The van der Waals surface area contributed by atoms with Crippen LogP contribution in [0.4, 0.5) is 0 Å². The molecule has 0 spiro atoms. The molecular weight excluding hydrogens is 497 g/mol. The zero-order chi connectivity index (χ0) is 19.6. The minimum atomic E-state index is -3.17. The number of halogens is 1. The number of nitrogens with zero attached hydrogens (tertiary/aromatic N) is 2. The lowest BCUT2D eigenvalue weighted by Crippen LogP contribution is -2.44. The van der Waals surface area contributed by atoms with Crippen molar-refractivity contribution in [1.29, 1.82) is 0 Å². The summed E-state index contributed by atoms with van der Waals surface area (Å²) in [5, 5.41) is 6.16. The fourth-order valence-electron chi connectivity index (χ4n) is 4.24. The van der Waals surface area contributed by atoms with Crippen LogP contribution in [0.2, 0.25) is 0 Å². The van der Waals surface area contributed by atoms with Crippen molar-refractivity contribution in [1.82, 2.24) is 20.3 Å². The van der Waals surface area contributed by atoms with E-state index in [1.165, 1.54) is 4.90 Å². The number of sulfonamides is 1. The summed E-state index contributed by atoms with van der Waals surface area (Å²) >= 11 is 0. The minimum absolute atomic E-state index is 0. The number of guanidine groups is 1. The number of allylic oxidation sites excluding steroid dienone is 2. The molecule has 0 aromatic heterocycles. The molecule has 3 N–H and O–H groups in total. The van der Waals surface area contributed by atoms with E-state index < -0.39 is 10.0 Å². The number of nitrogens with one attached hydrogen (secondary N) is 3. The van der Waals surface area contributed by atoms with Gasteiger partial charge in [-0.3, -0.25) is 19.5 Å². The summed E-state index contributed by atoms with van der Waals surface area (Å²) in [4.78, 5) is 30.7. The Hall–Kier alpha value is -1.21. The second-order valence-corrected chi connectivity index (χ2v) is 9.11. The molecule has 2 aliphatic carbocycles. The van der Waals surface area contributed by atoms with Gasteiger partial charge < -0.3 is 10.6 Å². The summed E-state index contributed by atoms with van der Waals surface area (Å²) in [5.41, 5.74) is 0. The lowest BCUT2D eigenvalue weighted by atomic mass is 9.85. The SMILES string of the molecule is CN=C(NCCCNS(C)(=O)=O)NCCN1C(=O)C2C3C=CC(C3)C2C1=O.I. The largest absolute Gasteiger partial charge is 0.356 e. The Morgan fingerprint density at radius 2 is 1.68 bits per heavy atom. The Bertz CT molecular complexity index is 740. The summed E-state index contributed by atoms with van der Waals surface area (Å²) < 4.78 is 24.4. The van der Waals surface area contributed by atoms with Crippen LogP contribution < -0.4 is 15.4 Å². The maximum absolute atomic E-state index is 12.6. The average Bonchev–Trinajstić information content (AvgIpc) is 3.28. The number of hydrogen-bond acceptors (Lipinski definition) is 5. The van der Waals surface area contributed by atoms with Gasteiger partial charge in [0, 0.05) is 33.2 Å². The number of imide groups is 1. The molecule has 1 heterocycles. The van der Waals surface area contributed by atoms with Crippen LogP contribution >= 0.6 is 24.0 Å². The van der Waals surface area contributed by atoms with Crippen molar-refractivity contribution in [3.8, 4) is 0 Å². The molecule has 1 aliphatic heterocycles. The predicted molar refractivity (Wildman–Crippen MR) is 117 cm³/mol. The number of carbonyl (C=O) groups is 2. The van der Waals surface area contributed by atoms with E-state index in [1.54, 1.807) is 7.05 Å². The van der Waals surface area contributed by atoms with Crippen molar-refractivity contribution in [3.63, 3.8) is 0 Å². The second kappa shape index (κ2) is 9.53. The van der Waals surface area contributed by atoms with Crippen LogP contribution in [0, 0.1) is 23.7 Å². The van der Waals surface area contributed by atoms with Gasteiger partial charge in [-0.1, -0.05) is 12.2 Å². The number of aliphatic imine (C=N–C) groups is 1. The highest BCUT2D eigenvalue weighted by atomic mass is 127. The van der Waals surface area contributed by atoms with Crippen molar-refractivity contribution >= 4 is 51.8 Å². The highest BCUT2D eigenvalue weighted by Crippen LogP contribution is 2.52. The van der Waals surface area contributed by atoms with E-state index in [1.807, 2.05) is 0 Å². The van der Waals surface area contributed by atoms with Crippen LogP contribution in [0.15, 0.2) is 17.1 Å². The van der Waals surface area contributed by atoms with Crippen LogP contribution in [-0.2, 0) is 19.6 Å². The van der Waals surface area contributed by atoms with Crippen molar-refractivity contribution in [3.05, 3.63) is 12.2 Å². The van der Waals surface area contributed by atoms with Gasteiger partial charge in [0.25, 0.3) is 0 Å². The Balaban J connectivity index is 0.00000280. The molecule has 1 saturated heterocycles. The minimum Gasteiger partial charge on any atom is -0.356 e. The second-order valence-electron chi connectivity index (χ2n) is 7.27. The van der Waals surface area contributed by atoms with Gasteiger partial charge in [0.1, 0.15) is 0 Å². The molecule has 2 fully saturated rings. The molecular formula is C17H28IN5O4S. The predicted octanol–water partition coefficient (Wildman–Crippen LogP) is -0.484. The van der Waals surface area contributed by atoms with E-state index in [9.17, 15) is 18.0 Å². The molecule has 28 heavy (non-hydrogen) atoms. The van der Waals surface area contributed by atoms with E-state index >= 15 is 0 Å². The van der Waals surface area contributed by atoms with E-state index in [0.29, 0.717) is 38.6 Å². The summed E-state index contributed by atoms with van der Waals surface area (Å²) in [7, 11) is -1.54. The highest BCUT2D eigenvalue weighted by Gasteiger charge is 2.58. The van der Waals surface area contributed by atoms with E-state index in [-0.39, 0.29) is 59.5 Å². The number of carbonyl (C=O) groups excluding carboxylic acids is 2. The molecule has 11 heteroatoms. The van der Waals surface area contributed by atoms with Gasteiger partial charge in [0.15, 0.2) is 5.96 Å². The Labute approximate surface area is 182 Å². The normalized spacial score (nSPS) is 28.5. The number of likely N-dealkylation sites (tertiary alicyclic amines) is 1. The van der Waals surface area contributed by atoms with Crippen LogP contribution in [0.1, 0.15) is 12.8 Å². The average molecular weight is 525 g/mol. The highest BCUT2D eigenvalue weighted by molar-refractivity contribution is 14.0. The fraction of sp³-hybridized carbons (Fsp3) is 0.706. The molecule has 4 atom stereocenters. The zero-order valence-corrected chi connectivity index (χ0v) is 19.2. The number of rotatable bonds is 8. The molecule has 1 saturated carbocycles. The van der Waals surface area contributed by atoms with E-state index in [2.05, 4.69) is 32.5 Å². The fourth-order valence-corrected chi connectivity index (χ4v) is 4.76. The first-order chi connectivity index (χ1) is 12.8. The third kappa shape index (κ3) is 5.03. The van der Waals surface area contributed by atoms with E-state index in [0.717, 1.165) is 12.7 Å². The van der Waals surface area contributed by atoms with Crippen molar-refractivity contribution in [2.75, 3.05) is 39.5 Å². The third-order valence-electron chi connectivity index (χ3n) is 5.42. The topological polar surface area (TPSA) is 120 Å². The van der Waals surface area contributed by atoms with Crippen LogP contribution in [-0.4, -0.2) is 70.6 Å². The first-order valence-corrected chi connectivity index (χ1v) is 11.1. The Morgan fingerprint density at radius 1 is 1.11 bits per heavy atom. The quantitative estimate of drug-likeness (QED) is 0.0984. The van der Waals surface area contributed by atoms with Crippen LogP contribution in [0.3, 0.4) is 0 Å². The first-order valence-electron chi connectivity index (χ1n) is 9.24. The van der Waals surface area contributed by atoms with Crippen molar-refractivity contribution in [2.24, 2.45) is 28.7 Å². The molecule has 9 nitrogen and oxygen atoms in total. The van der Waals surface area contributed by atoms with Gasteiger partial charge >= 0.3 is 0 Å². The van der Waals surface area contributed by atoms with Gasteiger partial charge in [-0.05, 0) is 24.7 Å². The number of hydrogen-bond donors (Lipinski definition) is 3. The molecule has 2 bridgehead atoms. The maximum Gasteiger partial charge on any atom is 0.233 e. The van der Waals surface area contributed by atoms with Crippen molar-refractivity contribution < 1.29 is 18.0 Å². The Kier molecular flexibility index (Phi) is 7.85. The van der Waals surface area contributed by atoms with Gasteiger partial charge in [-0.2, -0.15) is 0 Å². The standard InChI is InChI=1S/C17H27N5O4S.HI/c1-18-17(19-6-3-7-21-27(2,25)26)20-8-9-22-15(23)13-11-4-5-12(10-11)14(13)16(22)24;/h4-5,11-14,21H,3,6-10H2,1-2H3,(H2,18,19,20);1H. The van der Waals surface area contributed by atoms with Gasteiger partial charge in [-0.15, -0.1) is 24.0 Å². The molecule has 158 valence electrons. The van der Waals surface area contributed by atoms with E-state index in [4.69, 9.17) is 0 Å². The summed E-state index contributed by atoms with van der Waals surface area (Å²) in [6, 6.07) is 0. The van der Waals surface area contributed by atoms with Crippen LogP contribution in [0.25, 0.3) is 0 Å². The summed E-state index contributed by atoms with van der Waals surface area (Å²) in [6.45, 7) is 1.63. The maximum atomic E-state index is 12.6. The third-order valence-corrected chi connectivity index (χ3v) is 6.15. The monoisotopic (exact) mass is 525 g/mol. The van der Waals surface area contributed by atoms with Gasteiger partial charge in [0.2, 0.25) is 21.8 Å². The van der Waals surface area contributed by atoms with Gasteiger partial charge in [0.05, 0.1) is 18.1 Å². The molecule has 4 unspecified atom stereocenters. The van der Waals surface area contributed by atoms with Crippen molar-refractivity contribution in [2.45, 2.75) is 12.8 Å². The molecule has 0 aromatic carbocycles.